The molecule has 0 saturated carbocycles. The van der Waals surface area contributed by atoms with Gasteiger partial charge in [-0.05, 0) is 13.3 Å². The summed E-state index contributed by atoms with van der Waals surface area (Å²) < 4.78 is 1.80. The van der Waals surface area contributed by atoms with Crippen molar-refractivity contribution in [1.82, 2.24) is 9.78 Å². The first-order chi connectivity index (χ1) is 6.24. The maximum atomic E-state index is 5.15. The van der Waals surface area contributed by atoms with Crippen molar-refractivity contribution < 1.29 is 0 Å². The number of rotatable bonds is 4. The zero-order valence-electron chi connectivity index (χ0n) is 8.17. The van der Waals surface area contributed by atoms with Gasteiger partial charge in [-0.2, -0.15) is 5.10 Å². The molecule has 3 nitrogen and oxygen atoms in total. The summed E-state index contributed by atoms with van der Waals surface area (Å²) in [7, 11) is 1.92. The number of hydrogen-bond acceptors (Lipinski definition) is 2. The first-order valence-electron chi connectivity index (χ1n) is 4.41. The molecule has 0 aliphatic heterocycles. The van der Waals surface area contributed by atoms with E-state index in [0.29, 0.717) is 0 Å². The second kappa shape index (κ2) is 4.56. The van der Waals surface area contributed by atoms with E-state index in [1.165, 1.54) is 0 Å². The van der Waals surface area contributed by atoms with Crippen molar-refractivity contribution in [2.24, 2.45) is 7.05 Å². The van der Waals surface area contributed by atoms with Crippen LogP contribution in [0.2, 0.25) is 0 Å². The van der Waals surface area contributed by atoms with Gasteiger partial charge in [0.05, 0.1) is 11.4 Å². The lowest BCUT2D eigenvalue weighted by Gasteiger charge is -2.01. The Hall–Kier alpha value is -1.43. The molecule has 0 fully saturated rings. The van der Waals surface area contributed by atoms with E-state index >= 15 is 0 Å². The van der Waals surface area contributed by atoms with Crippen molar-refractivity contribution in [3.63, 3.8) is 0 Å². The third-order valence-electron chi connectivity index (χ3n) is 1.83. The van der Waals surface area contributed by atoms with Crippen LogP contribution < -0.4 is 5.32 Å². The van der Waals surface area contributed by atoms with Gasteiger partial charge in [0.2, 0.25) is 0 Å². The summed E-state index contributed by atoms with van der Waals surface area (Å²) in [6, 6.07) is 0. The first-order valence-corrected chi connectivity index (χ1v) is 4.41. The molecule has 70 valence electrons. The van der Waals surface area contributed by atoms with Gasteiger partial charge >= 0.3 is 0 Å². The Morgan fingerprint density at radius 3 is 3.00 bits per heavy atom. The van der Waals surface area contributed by atoms with Gasteiger partial charge in [0.15, 0.2) is 0 Å². The molecule has 0 unspecified atom stereocenters. The average molecular weight is 177 g/mol. The molecule has 0 aliphatic rings. The minimum Gasteiger partial charge on any atom is -0.382 e. The Morgan fingerprint density at radius 2 is 2.46 bits per heavy atom. The van der Waals surface area contributed by atoms with Crippen molar-refractivity contribution >= 4 is 5.69 Å². The minimum atomic E-state index is 0.826. The van der Waals surface area contributed by atoms with Gasteiger partial charge in [-0.1, -0.05) is 0 Å². The maximum Gasteiger partial charge on any atom is 0.0824 e. The van der Waals surface area contributed by atoms with Crippen LogP contribution in [0.15, 0.2) is 6.20 Å². The number of anilines is 1. The zero-order chi connectivity index (χ0) is 9.68. The Balaban J connectivity index is 2.37. The highest BCUT2D eigenvalue weighted by molar-refractivity contribution is 5.45. The minimum absolute atomic E-state index is 0.826. The van der Waals surface area contributed by atoms with Crippen LogP contribution in [0.4, 0.5) is 5.69 Å². The highest BCUT2D eigenvalue weighted by atomic mass is 15.3. The van der Waals surface area contributed by atoms with Gasteiger partial charge in [0.1, 0.15) is 0 Å². The lowest BCUT2D eigenvalue weighted by atomic mass is 10.3. The number of unbranched alkanes of at least 4 members (excludes halogenated alkanes) is 1. The molecule has 0 amide bonds. The fraction of sp³-hybridized carbons (Fsp3) is 0.500. The summed E-state index contributed by atoms with van der Waals surface area (Å²) in [4.78, 5) is 0. The topological polar surface area (TPSA) is 29.9 Å². The molecule has 0 radical (unpaired) electrons. The molecule has 0 aliphatic carbocycles. The monoisotopic (exact) mass is 177 g/mol. The van der Waals surface area contributed by atoms with E-state index in [4.69, 9.17) is 6.42 Å². The second-order valence-electron chi connectivity index (χ2n) is 3.04. The molecule has 3 heteroatoms. The highest BCUT2D eigenvalue weighted by Crippen LogP contribution is 2.10. The molecule has 1 aromatic heterocycles. The number of nitrogens with zero attached hydrogens (tertiary/aromatic N) is 2. The number of nitrogens with one attached hydrogen (secondary N) is 1. The summed E-state index contributed by atoms with van der Waals surface area (Å²) in [5, 5.41) is 7.51. The van der Waals surface area contributed by atoms with Crippen LogP contribution in [-0.2, 0) is 7.05 Å². The van der Waals surface area contributed by atoms with Crippen LogP contribution in [0.5, 0.6) is 0 Å². The molecule has 0 aromatic carbocycles. The quantitative estimate of drug-likeness (QED) is 0.558. The van der Waals surface area contributed by atoms with E-state index in [0.717, 1.165) is 30.8 Å². The van der Waals surface area contributed by atoms with Crippen LogP contribution >= 0.6 is 0 Å². The van der Waals surface area contributed by atoms with Gasteiger partial charge < -0.3 is 5.32 Å². The molecule has 0 saturated heterocycles. The van der Waals surface area contributed by atoms with Gasteiger partial charge in [-0.15, -0.1) is 12.3 Å². The predicted octanol–water partition coefficient (Wildman–Crippen LogP) is 1.55. The predicted molar refractivity (Wildman–Crippen MR) is 54.5 cm³/mol. The molecule has 0 bridgehead atoms. The summed E-state index contributed by atoms with van der Waals surface area (Å²) in [5.74, 6) is 2.61. The van der Waals surface area contributed by atoms with Crippen LogP contribution in [0.1, 0.15) is 18.5 Å². The average Bonchev–Trinajstić information content (AvgIpc) is 2.39. The van der Waals surface area contributed by atoms with Gasteiger partial charge in [-0.3, -0.25) is 4.68 Å². The van der Waals surface area contributed by atoms with E-state index in [9.17, 15) is 0 Å². The van der Waals surface area contributed by atoms with E-state index in [1.807, 2.05) is 20.2 Å². The molecular weight excluding hydrogens is 162 g/mol. The molecule has 13 heavy (non-hydrogen) atoms. The normalized spacial score (nSPS) is 9.62. The van der Waals surface area contributed by atoms with Crippen molar-refractivity contribution in [2.45, 2.75) is 19.8 Å². The molecule has 1 aromatic rings. The molecule has 0 spiro atoms. The summed E-state index contributed by atoms with van der Waals surface area (Å²) >= 11 is 0. The second-order valence-corrected chi connectivity index (χ2v) is 3.04. The number of terminal acetylenes is 1. The first kappa shape index (κ1) is 9.66. The van der Waals surface area contributed by atoms with Gasteiger partial charge in [0.25, 0.3) is 0 Å². The van der Waals surface area contributed by atoms with E-state index < -0.39 is 0 Å². The Morgan fingerprint density at radius 1 is 1.69 bits per heavy atom. The Bertz CT molecular complexity index is 306. The smallest absolute Gasteiger partial charge is 0.0824 e. The number of aryl methyl sites for hydroxylation is 2. The van der Waals surface area contributed by atoms with E-state index in [-0.39, 0.29) is 0 Å². The number of aromatic nitrogens is 2. The van der Waals surface area contributed by atoms with Crippen LogP contribution in [0, 0.1) is 19.3 Å². The molecule has 1 heterocycles. The van der Waals surface area contributed by atoms with Gasteiger partial charge in [-0.25, -0.2) is 0 Å². The van der Waals surface area contributed by atoms with Crippen LogP contribution in [0.3, 0.4) is 0 Å². The van der Waals surface area contributed by atoms with Crippen LogP contribution in [0.25, 0.3) is 0 Å². The third kappa shape index (κ3) is 2.83. The molecule has 1 rings (SSSR count). The highest BCUT2D eigenvalue weighted by Gasteiger charge is 2.00. The SMILES string of the molecule is C#CCCCNc1cn(C)nc1C. The fourth-order valence-corrected chi connectivity index (χ4v) is 1.19. The standard InChI is InChI=1S/C10H15N3/c1-4-5-6-7-11-10-8-13(3)12-9(10)2/h1,8,11H,5-7H2,2-3H3. The fourth-order valence-electron chi connectivity index (χ4n) is 1.19. The van der Waals surface area contributed by atoms with Crippen molar-refractivity contribution in [1.29, 1.82) is 0 Å². The van der Waals surface area contributed by atoms with Crippen molar-refractivity contribution in [3.8, 4) is 12.3 Å². The largest absolute Gasteiger partial charge is 0.382 e. The summed E-state index contributed by atoms with van der Waals surface area (Å²) in [5.41, 5.74) is 2.13. The Kier molecular flexibility index (Phi) is 3.39. The lowest BCUT2D eigenvalue weighted by Crippen LogP contribution is -2.00. The maximum absolute atomic E-state index is 5.15. The van der Waals surface area contributed by atoms with Crippen molar-refractivity contribution in [3.05, 3.63) is 11.9 Å². The lowest BCUT2D eigenvalue weighted by molar-refractivity contribution is 0.756. The Labute approximate surface area is 79.1 Å². The van der Waals surface area contributed by atoms with E-state index in [2.05, 4.69) is 16.3 Å². The third-order valence-corrected chi connectivity index (χ3v) is 1.83. The van der Waals surface area contributed by atoms with Crippen LogP contribution in [-0.4, -0.2) is 16.3 Å². The number of hydrogen-bond donors (Lipinski definition) is 1. The van der Waals surface area contributed by atoms with E-state index in [1.54, 1.807) is 4.68 Å². The molecule has 0 atom stereocenters. The molecule has 1 N–H and O–H groups in total. The van der Waals surface area contributed by atoms with Gasteiger partial charge in [0, 0.05) is 26.2 Å². The zero-order valence-corrected chi connectivity index (χ0v) is 8.17. The summed E-state index contributed by atoms with van der Waals surface area (Å²) in [6.07, 6.45) is 8.96. The molecular formula is C10H15N3. The summed E-state index contributed by atoms with van der Waals surface area (Å²) in [6.45, 7) is 2.90. The van der Waals surface area contributed by atoms with Crippen molar-refractivity contribution in [2.75, 3.05) is 11.9 Å².